The second-order valence-corrected chi connectivity index (χ2v) is 6.94. The number of hydrogen-bond acceptors (Lipinski definition) is 5. The van der Waals surface area contributed by atoms with E-state index in [9.17, 15) is 18.5 Å². The van der Waals surface area contributed by atoms with Crippen LogP contribution in [0.2, 0.25) is 5.02 Å². The highest BCUT2D eigenvalue weighted by molar-refractivity contribution is 7.89. The van der Waals surface area contributed by atoms with E-state index in [0.717, 1.165) is 11.6 Å². The topological polar surface area (TPSA) is 107 Å². The van der Waals surface area contributed by atoms with Crippen LogP contribution in [0.3, 0.4) is 0 Å². The van der Waals surface area contributed by atoms with Crippen LogP contribution in [0.15, 0.2) is 47.4 Å². The summed E-state index contributed by atoms with van der Waals surface area (Å²) in [5.74, 6) is 0. The quantitative estimate of drug-likeness (QED) is 0.655. The largest absolute Gasteiger partial charge is 0.365 e. The molecule has 2 aromatic rings. The van der Waals surface area contributed by atoms with E-state index in [2.05, 4.69) is 0 Å². The number of nitro benzene ring substituents is 1. The molecule has 2 N–H and O–H groups in total. The van der Waals surface area contributed by atoms with Gasteiger partial charge in [-0.3, -0.25) is 10.1 Å². The lowest BCUT2D eigenvalue weighted by Crippen LogP contribution is -2.19. The molecule has 0 spiro atoms. The van der Waals surface area contributed by atoms with Gasteiger partial charge in [-0.1, -0.05) is 23.7 Å². The maximum absolute atomic E-state index is 11.3. The molecule has 0 aliphatic carbocycles. The Labute approximate surface area is 138 Å². The van der Waals surface area contributed by atoms with Crippen molar-refractivity contribution in [2.45, 2.75) is 11.4 Å². The van der Waals surface area contributed by atoms with Crippen molar-refractivity contribution in [3.05, 3.63) is 63.2 Å². The molecule has 122 valence electrons. The summed E-state index contributed by atoms with van der Waals surface area (Å²) in [5.41, 5.74) is 0.813. The third-order valence-electron chi connectivity index (χ3n) is 3.19. The number of nitrogens with two attached hydrogens (primary N) is 1. The lowest BCUT2D eigenvalue weighted by atomic mass is 10.2. The van der Waals surface area contributed by atoms with Gasteiger partial charge in [-0.25, -0.2) is 13.6 Å². The first kappa shape index (κ1) is 17.2. The number of halogens is 1. The van der Waals surface area contributed by atoms with Crippen molar-refractivity contribution >= 4 is 33.0 Å². The van der Waals surface area contributed by atoms with Crippen LogP contribution in [0.4, 0.5) is 11.4 Å². The Morgan fingerprint density at radius 3 is 2.52 bits per heavy atom. The van der Waals surface area contributed by atoms with E-state index in [0.29, 0.717) is 11.6 Å². The fourth-order valence-electron chi connectivity index (χ4n) is 2.14. The highest BCUT2D eigenvalue weighted by Gasteiger charge is 2.21. The molecule has 0 aromatic heterocycles. The number of primary sulfonamides is 1. The first-order chi connectivity index (χ1) is 10.7. The second-order valence-electron chi connectivity index (χ2n) is 4.94. The molecule has 23 heavy (non-hydrogen) atoms. The number of nitrogens with zero attached hydrogens (tertiary/aromatic N) is 2. The first-order valence-corrected chi connectivity index (χ1v) is 8.38. The average Bonchev–Trinajstić information content (AvgIpc) is 2.45. The van der Waals surface area contributed by atoms with E-state index in [1.807, 2.05) is 6.07 Å². The zero-order valence-corrected chi connectivity index (χ0v) is 13.7. The zero-order chi connectivity index (χ0) is 17.2. The van der Waals surface area contributed by atoms with E-state index < -0.39 is 14.9 Å². The molecule has 0 saturated heterocycles. The van der Waals surface area contributed by atoms with Crippen molar-refractivity contribution in [1.82, 2.24) is 0 Å². The molecule has 9 heteroatoms. The molecule has 0 unspecified atom stereocenters. The minimum Gasteiger partial charge on any atom is -0.365 e. The van der Waals surface area contributed by atoms with Crippen molar-refractivity contribution < 1.29 is 13.3 Å². The molecular formula is C14H14ClN3O4S. The van der Waals surface area contributed by atoms with Gasteiger partial charge in [0, 0.05) is 24.7 Å². The van der Waals surface area contributed by atoms with Crippen LogP contribution < -0.4 is 10.0 Å². The summed E-state index contributed by atoms with van der Waals surface area (Å²) in [4.78, 5) is 11.9. The lowest BCUT2D eigenvalue weighted by Gasteiger charge is -2.19. The molecule has 0 atom stereocenters. The van der Waals surface area contributed by atoms with Gasteiger partial charge >= 0.3 is 0 Å². The molecular weight excluding hydrogens is 342 g/mol. The lowest BCUT2D eigenvalue weighted by molar-refractivity contribution is -0.384. The predicted molar refractivity (Wildman–Crippen MR) is 88.0 cm³/mol. The summed E-state index contributed by atoms with van der Waals surface area (Å²) >= 11 is 5.92. The number of rotatable bonds is 5. The first-order valence-electron chi connectivity index (χ1n) is 6.45. The van der Waals surface area contributed by atoms with Crippen molar-refractivity contribution in [3.63, 3.8) is 0 Å². The second kappa shape index (κ2) is 6.53. The maximum atomic E-state index is 11.3. The van der Waals surface area contributed by atoms with Gasteiger partial charge in [0.15, 0.2) is 0 Å². The predicted octanol–water partition coefficient (Wildman–Crippen LogP) is 2.53. The van der Waals surface area contributed by atoms with Gasteiger partial charge in [0.05, 0.1) is 9.82 Å². The molecule has 0 fully saturated rings. The fourth-order valence-corrected chi connectivity index (χ4v) is 2.89. The summed E-state index contributed by atoms with van der Waals surface area (Å²) in [6.07, 6.45) is 0. The number of hydrogen-bond donors (Lipinski definition) is 1. The third-order valence-corrected chi connectivity index (χ3v) is 4.34. The molecule has 0 aliphatic heterocycles. The number of sulfonamides is 1. The fraction of sp³-hybridized carbons (Fsp3) is 0.143. The van der Waals surface area contributed by atoms with E-state index in [4.69, 9.17) is 16.7 Å². The molecule has 0 aliphatic rings. The van der Waals surface area contributed by atoms with E-state index in [1.54, 1.807) is 30.1 Å². The van der Waals surface area contributed by atoms with E-state index >= 15 is 0 Å². The zero-order valence-electron chi connectivity index (χ0n) is 12.1. The summed E-state index contributed by atoms with van der Waals surface area (Å²) in [7, 11) is -2.34. The van der Waals surface area contributed by atoms with E-state index in [-0.39, 0.29) is 16.3 Å². The maximum Gasteiger partial charge on any atom is 0.293 e. The Kier molecular flexibility index (Phi) is 4.88. The van der Waals surface area contributed by atoms with Gasteiger partial charge in [0.2, 0.25) is 10.0 Å². The molecule has 7 nitrogen and oxygen atoms in total. The van der Waals surface area contributed by atoms with Crippen LogP contribution in [-0.4, -0.2) is 20.4 Å². The van der Waals surface area contributed by atoms with Crippen molar-refractivity contribution in [1.29, 1.82) is 0 Å². The highest BCUT2D eigenvalue weighted by atomic mass is 35.5. The Bertz CT molecular complexity index is 855. The SMILES string of the molecule is CN(Cc1cccc(Cl)c1)c1ccc(S(N)(=O)=O)cc1[N+](=O)[O-]. The molecule has 2 rings (SSSR count). The minimum atomic E-state index is -4.01. The third kappa shape index (κ3) is 4.19. The number of benzene rings is 2. The van der Waals surface area contributed by atoms with Crippen LogP contribution in [0, 0.1) is 10.1 Å². The van der Waals surface area contributed by atoms with Crippen LogP contribution in [-0.2, 0) is 16.6 Å². The Morgan fingerprint density at radius 1 is 1.26 bits per heavy atom. The molecule has 0 radical (unpaired) electrons. The standard InChI is InChI=1S/C14H14ClN3O4S/c1-17(9-10-3-2-4-11(15)7-10)13-6-5-12(23(16,21)22)8-14(13)18(19)20/h2-8H,9H2,1H3,(H2,16,21,22). The Morgan fingerprint density at radius 2 is 1.96 bits per heavy atom. The Balaban J connectivity index is 2.40. The summed E-state index contributed by atoms with van der Waals surface area (Å²) in [6.45, 7) is 0.371. The summed E-state index contributed by atoms with van der Waals surface area (Å²) < 4.78 is 22.7. The highest BCUT2D eigenvalue weighted by Crippen LogP contribution is 2.30. The molecule has 0 saturated carbocycles. The Hall–Kier alpha value is -2.16. The van der Waals surface area contributed by atoms with Crippen LogP contribution >= 0.6 is 11.6 Å². The number of nitro groups is 1. The van der Waals surface area contributed by atoms with Gasteiger partial charge in [-0.15, -0.1) is 0 Å². The van der Waals surface area contributed by atoms with E-state index in [1.165, 1.54) is 12.1 Å². The molecule has 2 aromatic carbocycles. The van der Waals surface area contributed by atoms with Crippen LogP contribution in [0.5, 0.6) is 0 Å². The van der Waals surface area contributed by atoms with Crippen molar-refractivity contribution in [2.75, 3.05) is 11.9 Å². The summed E-state index contributed by atoms with van der Waals surface area (Å²) in [5, 5.41) is 16.8. The van der Waals surface area contributed by atoms with Crippen LogP contribution in [0.1, 0.15) is 5.56 Å². The molecule has 0 heterocycles. The van der Waals surface area contributed by atoms with Gasteiger partial charge in [-0.05, 0) is 29.8 Å². The monoisotopic (exact) mass is 355 g/mol. The smallest absolute Gasteiger partial charge is 0.293 e. The van der Waals surface area contributed by atoms with Crippen molar-refractivity contribution in [2.24, 2.45) is 5.14 Å². The van der Waals surface area contributed by atoms with Crippen LogP contribution in [0.25, 0.3) is 0 Å². The van der Waals surface area contributed by atoms with Crippen molar-refractivity contribution in [3.8, 4) is 0 Å². The minimum absolute atomic E-state index is 0.280. The average molecular weight is 356 g/mol. The molecule has 0 amide bonds. The molecule has 0 bridgehead atoms. The summed E-state index contributed by atoms with van der Waals surface area (Å²) in [6, 6.07) is 10.7. The van der Waals surface area contributed by atoms with Gasteiger partial charge in [0.25, 0.3) is 5.69 Å². The van der Waals surface area contributed by atoms with Gasteiger partial charge in [0.1, 0.15) is 5.69 Å². The van der Waals surface area contributed by atoms with Gasteiger partial charge in [-0.2, -0.15) is 0 Å². The van der Waals surface area contributed by atoms with Gasteiger partial charge < -0.3 is 4.90 Å². The number of anilines is 1. The normalized spacial score (nSPS) is 11.3.